The van der Waals surface area contributed by atoms with Gasteiger partial charge < -0.3 is 20.3 Å². The molecule has 0 bridgehead atoms. The zero-order chi connectivity index (χ0) is 19.1. The monoisotopic (exact) mass is 515 g/mol. The van der Waals surface area contributed by atoms with Gasteiger partial charge in [0.2, 0.25) is 0 Å². The number of aliphatic imine (C=N–C) groups is 1. The van der Waals surface area contributed by atoms with Crippen LogP contribution in [0.1, 0.15) is 23.2 Å². The third-order valence-electron chi connectivity index (χ3n) is 4.76. The summed E-state index contributed by atoms with van der Waals surface area (Å²) in [6, 6.07) is 8.56. The number of halogens is 1. The van der Waals surface area contributed by atoms with Gasteiger partial charge in [-0.2, -0.15) is 0 Å². The van der Waals surface area contributed by atoms with E-state index in [2.05, 4.69) is 44.6 Å². The molecule has 0 radical (unpaired) electrons. The Bertz CT molecular complexity index is 767. The van der Waals surface area contributed by atoms with Crippen LogP contribution in [0.15, 0.2) is 35.5 Å². The van der Waals surface area contributed by atoms with Gasteiger partial charge >= 0.3 is 0 Å². The molecular formula is C20H30IN5OS. The standard InChI is InChI=1S/C20H29N5OS.HI/c1-4-16-13-23-19(27-16)9-11-22-20(21-2)24-15-10-12-25(14-15)17-7-5-6-8-18(17)26-3;/h5-8,13,15H,4,9-12,14H2,1-3H3,(H2,21,22,24);1H. The van der Waals surface area contributed by atoms with Crippen molar-refractivity contribution in [2.45, 2.75) is 32.2 Å². The third kappa shape index (κ3) is 5.97. The number of thiazole rings is 1. The number of para-hydroxylation sites is 2. The molecule has 0 aliphatic carbocycles. The smallest absolute Gasteiger partial charge is 0.191 e. The highest BCUT2D eigenvalue weighted by Crippen LogP contribution is 2.30. The highest BCUT2D eigenvalue weighted by molar-refractivity contribution is 14.0. The van der Waals surface area contributed by atoms with Gasteiger partial charge in [-0.3, -0.25) is 4.99 Å². The average Bonchev–Trinajstić information content (AvgIpc) is 3.36. The maximum Gasteiger partial charge on any atom is 0.191 e. The highest BCUT2D eigenvalue weighted by atomic mass is 127. The van der Waals surface area contributed by atoms with Gasteiger partial charge in [-0.1, -0.05) is 19.1 Å². The molecule has 0 amide bonds. The van der Waals surface area contributed by atoms with Crippen LogP contribution in [0.2, 0.25) is 0 Å². The molecule has 1 aromatic heterocycles. The lowest BCUT2D eigenvalue weighted by Gasteiger charge is -2.22. The molecule has 1 atom stereocenters. The maximum absolute atomic E-state index is 5.50. The maximum atomic E-state index is 5.50. The summed E-state index contributed by atoms with van der Waals surface area (Å²) in [7, 11) is 3.54. The van der Waals surface area contributed by atoms with E-state index in [0.717, 1.165) is 56.3 Å². The Labute approximate surface area is 188 Å². The number of hydrogen-bond acceptors (Lipinski definition) is 5. The largest absolute Gasteiger partial charge is 0.495 e. The number of anilines is 1. The van der Waals surface area contributed by atoms with E-state index in [1.54, 1.807) is 18.4 Å². The first kappa shape index (κ1) is 22.7. The van der Waals surface area contributed by atoms with Gasteiger partial charge in [-0.15, -0.1) is 35.3 Å². The molecule has 8 heteroatoms. The fourth-order valence-corrected chi connectivity index (χ4v) is 4.15. The molecule has 1 aliphatic rings. The van der Waals surface area contributed by atoms with E-state index in [0.29, 0.717) is 6.04 Å². The Morgan fingerprint density at radius 3 is 2.93 bits per heavy atom. The van der Waals surface area contributed by atoms with E-state index in [1.807, 2.05) is 25.4 Å². The van der Waals surface area contributed by atoms with Gasteiger partial charge in [0.25, 0.3) is 0 Å². The van der Waals surface area contributed by atoms with Crippen LogP contribution in [-0.4, -0.2) is 50.8 Å². The topological polar surface area (TPSA) is 61.8 Å². The van der Waals surface area contributed by atoms with E-state index in [4.69, 9.17) is 4.74 Å². The van der Waals surface area contributed by atoms with Crippen molar-refractivity contribution in [3.8, 4) is 5.75 Å². The Hall–Kier alpha value is -1.55. The van der Waals surface area contributed by atoms with Crippen LogP contribution in [0.25, 0.3) is 0 Å². The van der Waals surface area contributed by atoms with Crippen molar-refractivity contribution in [2.24, 2.45) is 4.99 Å². The van der Waals surface area contributed by atoms with Crippen molar-refractivity contribution in [3.63, 3.8) is 0 Å². The van der Waals surface area contributed by atoms with Gasteiger partial charge in [0.15, 0.2) is 5.96 Å². The second kappa shape index (κ2) is 11.5. The molecule has 1 aromatic carbocycles. The molecule has 1 saturated heterocycles. The van der Waals surface area contributed by atoms with E-state index in [9.17, 15) is 0 Å². The Morgan fingerprint density at radius 2 is 2.21 bits per heavy atom. The lowest BCUT2D eigenvalue weighted by Crippen LogP contribution is -2.45. The molecule has 154 valence electrons. The van der Waals surface area contributed by atoms with Gasteiger partial charge in [0.05, 0.1) is 17.8 Å². The fraction of sp³-hybridized carbons (Fsp3) is 0.500. The molecule has 28 heavy (non-hydrogen) atoms. The van der Waals surface area contributed by atoms with Crippen LogP contribution >= 0.6 is 35.3 Å². The van der Waals surface area contributed by atoms with Gasteiger partial charge in [0, 0.05) is 50.2 Å². The number of guanidine groups is 1. The van der Waals surface area contributed by atoms with E-state index in [-0.39, 0.29) is 24.0 Å². The predicted octanol–water partition coefficient (Wildman–Crippen LogP) is 3.32. The molecule has 3 rings (SSSR count). The van der Waals surface area contributed by atoms with Crippen LogP contribution in [0, 0.1) is 0 Å². The summed E-state index contributed by atoms with van der Waals surface area (Å²) in [5, 5.41) is 8.14. The minimum atomic E-state index is 0. The first-order valence-electron chi connectivity index (χ1n) is 9.52. The molecule has 2 N–H and O–H groups in total. The van der Waals surface area contributed by atoms with E-state index < -0.39 is 0 Å². The zero-order valence-electron chi connectivity index (χ0n) is 16.8. The second-order valence-corrected chi connectivity index (χ2v) is 7.77. The number of nitrogens with zero attached hydrogens (tertiary/aromatic N) is 3. The molecule has 2 heterocycles. The second-order valence-electron chi connectivity index (χ2n) is 6.57. The van der Waals surface area contributed by atoms with Gasteiger partial charge in [-0.25, -0.2) is 4.98 Å². The average molecular weight is 515 g/mol. The van der Waals surface area contributed by atoms with Crippen molar-refractivity contribution in [1.29, 1.82) is 0 Å². The molecule has 0 saturated carbocycles. The van der Waals surface area contributed by atoms with Gasteiger partial charge in [0.1, 0.15) is 5.75 Å². The van der Waals surface area contributed by atoms with E-state index >= 15 is 0 Å². The summed E-state index contributed by atoms with van der Waals surface area (Å²) >= 11 is 1.80. The molecule has 1 unspecified atom stereocenters. The molecule has 1 aliphatic heterocycles. The normalized spacial score (nSPS) is 16.6. The minimum Gasteiger partial charge on any atom is -0.495 e. The number of rotatable bonds is 7. The summed E-state index contributed by atoms with van der Waals surface area (Å²) in [6.45, 7) is 4.94. The molecule has 0 spiro atoms. The summed E-state index contributed by atoms with van der Waals surface area (Å²) in [5.41, 5.74) is 1.16. The van der Waals surface area contributed by atoms with Gasteiger partial charge in [-0.05, 0) is 25.0 Å². The lowest BCUT2D eigenvalue weighted by molar-refractivity contribution is 0.415. The quantitative estimate of drug-likeness (QED) is 0.337. The first-order valence-corrected chi connectivity index (χ1v) is 10.3. The first-order chi connectivity index (χ1) is 13.2. The van der Waals surface area contributed by atoms with Crippen molar-refractivity contribution >= 4 is 47.0 Å². The number of aryl methyl sites for hydroxylation is 1. The van der Waals surface area contributed by atoms with Crippen molar-refractivity contribution < 1.29 is 4.74 Å². The summed E-state index contributed by atoms with van der Waals surface area (Å²) in [4.78, 5) is 12.6. The van der Waals surface area contributed by atoms with Crippen LogP contribution < -0.4 is 20.3 Å². The van der Waals surface area contributed by atoms with Crippen LogP contribution in [0.3, 0.4) is 0 Å². The number of benzene rings is 1. The Kier molecular flexibility index (Phi) is 9.30. The minimum absolute atomic E-state index is 0. The van der Waals surface area contributed by atoms with Crippen LogP contribution in [-0.2, 0) is 12.8 Å². The summed E-state index contributed by atoms with van der Waals surface area (Å²) < 4.78 is 5.50. The van der Waals surface area contributed by atoms with Crippen molar-refractivity contribution in [3.05, 3.63) is 40.3 Å². The molecular weight excluding hydrogens is 485 g/mol. The summed E-state index contributed by atoms with van der Waals surface area (Å²) in [6.07, 6.45) is 5.03. The summed E-state index contributed by atoms with van der Waals surface area (Å²) in [5.74, 6) is 1.78. The highest BCUT2D eigenvalue weighted by Gasteiger charge is 2.25. The Morgan fingerprint density at radius 1 is 1.39 bits per heavy atom. The SMILES string of the molecule is CCc1cnc(CCNC(=NC)NC2CCN(c3ccccc3OC)C2)s1.I. The zero-order valence-corrected chi connectivity index (χ0v) is 19.9. The Balaban J connectivity index is 0.00000280. The number of methoxy groups -OCH3 is 1. The number of nitrogens with one attached hydrogen (secondary N) is 2. The van der Waals surface area contributed by atoms with Crippen molar-refractivity contribution in [1.82, 2.24) is 15.6 Å². The van der Waals surface area contributed by atoms with E-state index in [1.165, 1.54) is 9.88 Å². The van der Waals surface area contributed by atoms with Crippen LogP contribution in [0.5, 0.6) is 5.75 Å². The molecule has 1 fully saturated rings. The lowest BCUT2D eigenvalue weighted by atomic mass is 10.2. The fourth-order valence-electron chi connectivity index (χ4n) is 3.29. The molecule has 2 aromatic rings. The number of hydrogen-bond donors (Lipinski definition) is 2. The number of ether oxygens (including phenoxy) is 1. The molecule has 6 nitrogen and oxygen atoms in total. The van der Waals surface area contributed by atoms with Crippen LogP contribution in [0.4, 0.5) is 5.69 Å². The predicted molar refractivity (Wildman–Crippen MR) is 129 cm³/mol. The third-order valence-corrected chi connectivity index (χ3v) is 5.96. The number of aromatic nitrogens is 1. The van der Waals surface area contributed by atoms with Crippen molar-refractivity contribution in [2.75, 3.05) is 38.7 Å².